The lowest BCUT2D eigenvalue weighted by Crippen LogP contribution is -2.37. The first-order valence-electron chi connectivity index (χ1n) is 7.03. The maximum absolute atomic E-state index is 5.23. The smallest absolute Gasteiger partial charge is 0.191 e. The van der Waals surface area contributed by atoms with Crippen LogP contribution in [0.3, 0.4) is 0 Å². The molecule has 7 heteroatoms. The molecule has 0 bridgehead atoms. The van der Waals surface area contributed by atoms with Crippen LogP contribution in [0, 0.1) is 2.88 Å². The SMILES string of the molecule is CN=C(NCCc1ccc(I)s1)NCc1cccc(OC)c1.I. The molecule has 1 heterocycles. The van der Waals surface area contributed by atoms with Crippen LogP contribution in [0.25, 0.3) is 0 Å². The monoisotopic (exact) mass is 557 g/mol. The quantitative estimate of drug-likeness (QED) is 0.322. The van der Waals surface area contributed by atoms with Crippen LogP contribution in [0.1, 0.15) is 10.4 Å². The standard InChI is InChI=1S/C16H20IN3OS.HI/c1-18-16(19-9-8-14-6-7-15(17)22-14)20-11-12-4-3-5-13(10-12)21-2;/h3-7,10H,8-9,11H2,1-2H3,(H2,18,19,20);1H. The van der Waals surface area contributed by atoms with Crippen LogP contribution in [-0.4, -0.2) is 26.7 Å². The first-order chi connectivity index (χ1) is 10.7. The van der Waals surface area contributed by atoms with E-state index in [0.717, 1.165) is 30.2 Å². The molecular weight excluding hydrogens is 536 g/mol. The number of nitrogens with zero attached hydrogens (tertiary/aromatic N) is 1. The van der Waals surface area contributed by atoms with Crippen molar-refractivity contribution < 1.29 is 4.74 Å². The van der Waals surface area contributed by atoms with Gasteiger partial charge in [0.2, 0.25) is 0 Å². The predicted octanol–water partition coefficient (Wildman–Crippen LogP) is 3.89. The zero-order valence-electron chi connectivity index (χ0n) is 13.1. The summed E-state index contributed by atoms with van der Waals surface area (Å²) >= 11 is 4.18. The first-order valence-corrected chi connectivity index (χ1v) is 8.92. The van der Waals surface area contributed by atoms with Gasteiger partial charge in [-0.05, 0) is 58.8 Å². The maximum atomic E-state index is 5.23. The van der Waals surface area contributed by atoms with Gasteiger partial charge in [0.25, 0.3) is 0 Å². The van der Waals surface area contributed by atoms with Gasteiger partial charge in [-0.1, -0.05) is 12.1 Å². The highest BCUT2D eigenvalue weighted by molar-refractivity contribution is 14.1. The second kappa shape index (κ2) is 11.1. The Morgan fingerprint density at radius 1 is 1.26 bits per heavy atom. The van der Waals surface area contributed by atoms with Crippen LogP contribution in [0.15, 0.2) is 41.4 Å². The van der Waals surface area contributed by atoms with Gasteiger partial charge >= 0.3 is 0 Å². The average molecular weight is 557 g/mol. The second-order valence-corrected chi connectivity index (χ2v) is 7.72. The fraction of sp³-hybridized carbons (Fsp3) is 0.312. The Balaban J connectivity index is 0.00000264. The van der Waals surface area contributed by atoms with Crippen molar-refractivity contribution in [1.82, 2.24) is 10.6 Å². The summed E-state index contributed by atoms with van der Waals surface area (Å²) in [6.07, 6.45) is 1.01. The second-order valence-electron chi connectivity index (χ2n) is 4.66. The molecule has 0 radical (unpaired) electrons. The summed E-state index contributed by atoms with van der Waals surface area (Å²) in [7, 11) is 3.47. The normalized spacial score (nSPS) is 10.8. The van der Waals surface area contributed by atoms with Crippen LogP contribution < -0.4 is 15.4 Å². The summed E-state index contributed by atoms with van der Waals surface area (Å²) < 4.78 is 6.56. The summed E-state index contributed by atoms with van der Waals surface area (Å²) in [6, 6.07) is 12.4. The minimum Gasteiger partial charge on any atom is -0.497 e. The topological polar surface area (TPSA) is 45.7 Å². The molecule has 0 aliphatic rings. The van der Waals surface area contributed by atoms with Crippen molar-refractivity contribution in [1.29, 1.82) is 0 Å². The first kappa shape index (κ1) is 20.5. The molecule has 0 spiro atoms. The summed E-state index contributed by atoms with van der Waals surface area (Å²) in [6.45, 7) is 1.59. The van der Waals surface area contributed by atoms with Gasteiger partial charge in [0.05, 0.1) is 9.99 Å². The highest BCUT2D eigenvalue weighted by Gasteiger charge is 2.01. The zero-order valence-corrected chi connectivity index (χ0v) is 18.4. The van der Waals surface area contributed by atoms with Gasteiger partial charge in [0.1, 0.15) is 5.75 Å². The Morgan fingerprint density at radius 3 is 2.74 bits per heavy atom. The Kier molecular flexibility index (Phi) is 9.88. The molecule has 4 nitrogen and oxygen atoms in total. The molecule has 0 atom stereocenters. The Bertz CT molecular complexity index is 631. The van der Waals surface area contributed by atoms with E-state index < -0.39 is 0 Å². The molecule has 2 N–H and O–H groups in total. The van der Waals surface area contributed by atoms with Gasteiger partial charge in [-0.25, -0.2) is 0 Å². The molecule has 23 heavy (non-hydrogen) atoms. The van der Waals surface area contributed by atoms with Crippen molar-refractivity contribution in [2.75, 3.05) is 20.7 Å². The molecule has 1 aromatic carbocycles. The number of benzene rings is 1. The third kappa shape index (κ3) is 7.25. The van der Waals surface area contributed by atoms with Crippen LogP contribution in [0.2, 0.25) is 0 Å². The number of hydrogen-bond donors (Lipinski definition) is 2. The summed E-state index contributed by atoms with van der Waals surface area (Å²) in [5, 5.41) is 6.65. The van der Waals surface area contributed by atoms with E-state index in [-0.39, 0.29) is 24.0 Å². The van der Waals surface area contributed by atoms with E-state index in [1.165, 1.54) is 7.76 Å². The van der Waals surface area contributed by atoms with E-state index in [4.69, 9.17) is 4.74 Å². The Labute approximate surface area is 172 Å². The van der Waals surface area contributed by atoms with Crippen LogP contribution >= 0.6 is 57.9 Å². The number of nitrogens with one attached hydrogen (secondary N) is 2. The van der Waals surface area contributed by atoms with Crippen molar-refractivity contribution in [2.24, 2.45) is 4.99 Å². The molecule has 0 saturated heterocycles. The molecule has 0 unspecified atom stereocenters. The van der Waals surface area contributed by atoms with Gasteiger partial charge in [-0.15, -0.1) is 35.3 Å². The number of rotatable bonds is 6. The highest BCUT2D eigenvalue weighted by atomic mass is 127. The van der Waals surface area contributed by atoms with Crippen molar-refractivity contribution in [3.8, 4) is 5.75 Å². The molecule has 0 amide bonds. The lowest BCUT2D eigenvalue weighted by Gasteiger charge is -2.12. The minimum absolute atomic E-state index is 0. The summed E-state index contributed by atoms with van der Waals surface area (Å²) in [5.41, 5.74) is 1.16. The third-order valence-corrected chi connectivity index (χ3v) is 5.06. The van der Waals surface area contributed by atoms with Crippen molar-refractivity contribution in [3.05, 3.63) is 49.7 Å². The summed E-state index contributed by atoms with van der Waals surface area (Å²) in [5.74, 6) is 1.68. The largest absolute Gasteiger partial charge is 0.497 e. The van der Waals surface area contributed by atoms with E-state index in [2.05, 4.69) is 56.4 Å². The predicted molar refractivity (Wildman–Crippen MR) is 117 cm³/mol. The number of guanidine groups is 1. The lowest BCUT2D eigenvalue weighted by atomic mass is 10.2. The van der Waals surface area contributed by atoms with E-state index in [1.807, 2.05) is 29.5 Å². The van der Waals surface area contributed by atoms with Crippen molar-refractivity contribution in [2.45, 2.75) is 13.0 Å². The number of halogens is 2. The van der Waals surface area contributed by atoms with Crippen molar-refractivity contribution in [3.63, 3.8) is 0 Å². The molecule has 0 fully saturated rings. The van der Waals surface area contributed by atoms with Crippen LogP contribution in [0.4, 0.5) is 0 Å². The highest BCUT2D eigenvalue weighted by Crippen LogP contribution is 2.18. The van der Waals surface area contributed by atoms with Crippen LogP contribution in [-0.2, 0) is 13.0 Å². The lowest BCUT2D eigenvalue weighted by molar-refractivity contribution is 0.414. The minimum atomic E-state index is 0. The fourth-order valence-electron chi connectivity index (χ4n) is 1.98. The summed E-state index contributed by atoms with van der Waals surface area (Å²) in [4.78, 5) is 5.64. The van der Waals surface area contributed by atoms with Crippen LogP contribution in [0.5, 0.6) is 5.75 Å². The van der Waals surface area contributed by atoms with Gasteiger partial charge in [-0.2, -0.15) is 0 Å². The number of methoxy groups -OCH3 is 1. The number of thiophene rings is 1. The average Bonchev–Trinajstić information content (AvgIpc) is 2.96. The van der Waals surface area contributed by atoms with Gasteiger partial charge < -0.3 is 15.4 Å². The van der Waals surface area contributed by atoms with E-state index in [0.29, 0.717) is 6.54 Å². The third-order valence-electron chi connectivity index (χ3n) is 3.11. The molecule has 2 rings (SSSR count). The molecule has 1 aromatic heterocycles. The number of aliphatic imine (C=N–C) groups is 1. The van der Waals surface area contributed by atoms with E-state index in [1.54, 1.807) is 14.2 Å². The fourth-order valence-corrected chi connectivity index (χ4v) is 3.73. The number of ether oxygens (including phenoxy) is 1. The van der Waals surface area contributed by atoms with Gasteiger partial charge in [-0.3, -0.25) is 4.99 Å². The molecule has 0 saturated carbocycles. The molecule has 0 aliphatic heterocycles. The molecule has 2 aromatic rings. The Morgan fingerprint density at radius 2 is 2.09 bits per heavy atom. The van der Waals surface area contributed by atoms with E-state index >= 15 is 0 Å². The number of hydrogen-bond acceptors (Lipinski definition) is 3. The van der Waals surface area contributed by atoms with Gasteiger partial charge in [0, 0.05) is 25.0 Å². The zero-order chi connectivity index (χ0) is 15.8. The molecule has 0 aliphatic carbocycles. The molecular formula is C16H21I2N3OS. The Hall–Kier alpha value is -0.550. The molecule has 126 valence electrons. The maximum Gasteiger partial charge on any atom is 0.191 e. The van der Waals surface area contributed by atoms with Crippen molar-refractivity contribution >= 4 is 63.9 Å². The van der Waals surface area contributed by atoms with Gasteiger partial charge in [0.15, 0.2) is 5.96 Å². The van der Waals surface area contributed by atoms with E-state index in [9.17, 15) is 0 Å².